The van der Waals surface area contributed by atoms with Gasteiger partial charge < -0.3 is 10.2 Å². The molecule has 0 radical (unpaired) electrons. The molecular weight excluding hydrogens is 331 g/mol. The van der Waals surface area contributed by atoms with Gasteiger partial charge in [0.15, 0.2) is 0 Å². The quantitative estimate of drug-likeness (QED) is 0.862. The van der Waals surface area contributed by atoms with E-state index in [4.69, 9.17) is 23.2 Å². The van der Waals surface area contributed by atoms with Crippen LogP contribution >= 0.6 is 23.2 Å². The Labute approximate surface area is 146 Å². The first-order chi connectivity index (χ1) is 11.1. The van der Waals surface area contributed by atoms with E-state index >= 15 is 0 Å². The van der Waals surface area contributed by atoms with E-state index in [1.807, 2.05) is 24.3 Å². The summed E-state index contributed by atoms with van der Waals surface area (Å²) in [4.78, 5) is 14.7. The Hall–Kier alpha value is -1.71. The lowest BCUT2D eigenvalue weighted by atomic mass is 10.1. The Kier molecular flexibility index (Phi) is 5.09. The number of nitrogens with zero attached hydrogens (tertiary/aromatic N) is 1. The minimum Gasteiger partial charge on any atom is -0.370 e. The molecule has 1 heterocycles. The Morgan fingerprint density at radius 3 is 2.52 bits per heavy atom. The molecule has 23 heavy (non-hydrogen) atoms. The summed E-state index contributed by atoms with van der Waals surface area (Å²) in [5.74, 6) is -0.0602. The molecule has 0 saturated carbocycles. The molecule has 0 atom stereocenters. The van der Waals surface area contributed by atoms with Gasteiger partial charge in [0, 0.05) is 13.1 Å². The lowest BCUT2D eigenvalue weighted by Gasteiger charge is -2.21. The van der Waals surface area contributed by atoms with Crippen molar-refractivity contribution in [2.75, 3.05) is 23.3 Å². The number of hydrogen-bond acceptors (Lipinski definition) is 2. The summed E-state index contributed by atoms with van der Waals surface area (Å²) in [6.45, 7) is 2.08. The number of hydrogen-bond donors (Lipinski definition) is 1. The lowest BCUT2D eigenvalue weighted by molar-refractivity contribution is -0.115. The van der Waals surface area contributed by atoms with Crippen molar-refractivity contribution in [3.63, 3.8) is 0 Å². The molecule has 0 unspecified atom stereocenters. The Morgan fingerprint density at radius 1 is 1.04 bits per heavy atom. The third-order valence-electron chi connectivity index (χ3n) is 3.97. The van der Waals surface area contributed by atoms with Crippen molar-refractivity contribution < 1.29 is 4.79 Å². The first-order valence-electron chi connectivity index (χ1n) is 7.71. The maximum atomic E-state index is 12.3. The molecule has 120 valence electrons. The van der Waals surface area contributed by atoms with Crippen LogP contribution in [0.5, 0.6) is 0 Å². The average molecular weight is 349 g/mol. The standard InChI is InChI=1S/C18H18Cl2N2O/c19-14-8-7-13(11-15(14)20)12-18(23)21-16-5-1-2-6-17(16)22-9-3-4-10-22/h1-2,5-8,11H,3-4,9-10,12H2,(H,21,23). The van der Waals surface area contributed by atoms with Crippen molar-refractivity contribution in [2.45, 2.75) is 19.3 Å². The summed E-state index contributed by atoms with van der Waals surface area (Å²) in [6, 6.07) is 13.2. The number of amides is 1. The number of nitrogens with one attached hydrogen (secondary N) is 1. The molecule has 1 N–H and O–H groups in total. The molecule has 0 bridgehead atoms. The van der Waals surface area contributed by atoms with Crippen LogP contribution in [0.25, 0.3) is 0 Å². The van der Waals surface area contributed by atoms with E-state index in [1.165, 1.54) is 12.8 Å². The number of rotatable bonds is 4. The van der Waals surface area contributed by atoms with Gasteiger partial charge in [0.25, 0.3) is 0 Å². The van der Waals surface area contributed by atoms with E-state index in [0.29, 0.717) is 10.0 Å². The second kappa shape index (κ2) is 7.24. The molecule has 2 aromatic carbocycles. The molecule has 1 saturated heterocycles. The highest BCUT2D eigenvalue weighted by Gasteiger charge is 2.16. The van der Waals surface area contributed by atoms with Crippen LogP contribution in [-0.4, -0.2) is 19.0 Å². The van der Waals surface area contributed by atoms with Gasteiger partial charge in [-0.25, -0.2) is 0 Å². The van der Waals surface area contributed by atoms with E-state index < -0.39 is 0 Å². The zero-order valence-corrected chi connectivity index (χ0v) is 14.2. The van der Waals surface area contributed by atoms with Crippen molar-refractivity contribution in [2.24, 2.45) is 0 Å². The van der Waals surface area contributed by atoms with Crippen molar-refractivity contribution >= 4 is 40.5 Å². The molecule has 5 heteroatoms. The number of carbonyl (C=O) groups excluding carboxylic acids is 1. The second-order valence-electron chi connectivity index (χ2n) is 5.68. The maximum absolute atomic E-state index is 12.3. The molecule has 1 fully saturated rings. The van der Waals surface area contributed by atoms with Crippen molar-refractivity contribution in [1.29, 1.82) is 0 Å². The first kappa shape index (κ1) is 16.2. The maximum Gasteiger partial charge on any atom is 0.228 e. The predicted molar refractivity (Wildman–Crippen MR) is 96.7 cm³/mol. The van der Waals surface area contributed by atoms with Gasteiger partial charge in [-0.1, -0.05) is 41.4 Å². The van der Waals surface area contributed by atoms with E-state index in [1.54, 1.807) is 12.1 Å². The van der Waals surface area contributed by atoms with Crippen LogP contribution < -0.4 is 10.2 Å². The van der Waals surface area contributed by atoms with Gasteiger partial charge in [0.2, 0.25) is 5.91 Å². The third-order valence-corrected chi connectivity index (χ3v) is 4.71. The molecule has 1 aliphatic heterocycles. The van der Waals surface area contributed by atoms with Crippen LogP contribution in [-0.2, 0) is 11.2 Å². The fourth-order valence-corrected chi connectivity index (χ4v) is 3.16. The topological polar surface area (TPSA) is 32.3 Å². The SMILES string of the molecule is O=C(Cc1ccc(Cl)c(Cl)c1)Nc1ccccc1N1CCCC1. The fraction of sp³-hybridized carbons (Fsp3) is 0.278. The lowest BCUT2D eigenvalue weighted by Crippen LogP contribution is -2.21. The zero-order chi connectivity index (χ0) is 16.2. The van der Waals surface area contributed by atoms with Gasteiger partial charge in [-0.05, 0) is 42.7 Å². The van der Waals surface area contributed by atoms with E-state index in [-0.39, 0.29) is 12.3 Å². The summed E-state index contributed by atoms with van der Waals surface area (Å²) < 4.78 is 0. The molecule has 0 aromatic heterocycles. The highest BCUT2D eigenvalue weighted by Crippen LogP contribution is 2.29. The van der Waals surface area contributed by atoms with Crippen LogP contribution in [0.15, 0.2) is 42.5 Å². The van der Waals surface area contributed by atoms with Crippen LogP contribution in [0.4, 0.5) is 11.4 Å². The summed E-state index contributed by atoms with van der Waals surface area (Å²) in [5, 5.41) is 3.98. The minimum atomic E-state index is -0.0602. The number of benzene rings is 2. The van der Waals surface area contributed by atoms with E-state index in [9.17, 15) is 4.79 Å². The Morgan fingerprint density at radius 2 is 1.78 bits per heavy atom. The normalized spacial score (nSPS) is 14.1. The number of anilines is 2. The Balaban J connectivity index is 1.71. The highest BCUT2D eigenvalue weighted by atomic mass is 35.5. The van der Waals surface area contributed by atoms with Gasteiger partial charge in [-0.2, -0.15) is 0 Å². The van der Waals surface area contributed by atoms with Gasteiger partial charge in [-0.3, -0.25) is 4.79 Å². The summed E-state index contributed by atoms with van der Waals surface area (Å²) in [5.41, 5.74) is 2.79. The summed E-state index contributed by atoms with van der Waals surface area (Å²) in [7, 11) is 0. The molecule has 1 amide bonds. The molecule has 0 spiro atoms. The average Bonchev–Trinajstić information content (AvgIpc) is 3.06. The molecular formula is C18H18Cl2N2O. The van der Waals surface area contributed by atoms with Gasteiger partial charge in [0.1, 0.15) is 0 Å². The largest absolute Gasteiger partial charge is 0.370 e. The first-order valence-corrected chi connectivity index (χ1v) is 8.47. The van der Waals surface area contributed by atoms with Gasteiger partial charge in [0.05, 0.1) is 27.8 Å². The number of carbonyl (C=O) groups is 1. The van der Waals surface area contributed by atoms with Crippen molar-refractivity contribution in [3.8, 4) is 0 Å². The summed E-state index contributed by atoms with van der Waals surface area (Å²) in [6.07, 6.45) is 2.67. The monoisotopic (exact) mass is 348 g/mol. The third kappa shape index (κ3) is 3.98. The summed E-state index contributed by atoms with van der Waals surface area (Å²) >= 11 is 11.9. The molecule has 0 aliphatic carbocycles. The number of halogens is 2. The Bertz CT molecular complexity index is 712. The molecule has 2 aromatic rings. The van der Waals surface area contributed by atoms with Crippen LogP contribution in [0.1, 0.15) is 18.4 Å². The molecule has 3 nitrogen and oxygen atoms in total. The zero-order valence-electron chi connectivity index (χ0n) is 12.7. The van der Waals surface area contributed by atoms with Crippen LogP contribution in [0, 0.1) is 0 Å². The van der Waals surface area contributed by atoms with E-state index in [2.05, 4.69) is 16.3 Å². The molecule has 3 rings (SSSR count). The number of para-hydroxylation sites is 2. The smallest absolute Gasteiger partial charge is 0.228 e. The second-order valence-corrected chi connectivity index (χ2v) is 6.50. The van der Waals surface area contributed by atoms with Gasteiger partial charge >= 0.3 is 0 Å². The van der Waals surface area contributed by atoms with Crippen molar-refractivity contribution in [1.82, 2.24) is 0 Å². The molecule has 1 aliphatic rings. The minimum absolute atomic E-state index is 0.0602. The van der Waals surface area contributed by atoms with Crippen LogP contribution in [0.3, 0.4) is 0 Å². The predicted octanol–water partition coefficient (Wildman–Crippen LogP) is 4.77. The van der Waals surface area contributed by atoms with Crippen molar-refractivity contribution in [3.05, 3.63) is 58.1 Å². The fourth-order valence-electron chi connectivity index (χ4n) is 2.84. The van der Waals surface area contributed by atoms with Crippen LogP contribution in [0.2, 0.25) is 10.0 Å². The highest BCUT2D eigenvalue weighted by molar-refractivity contribution is 6.42. The van der Waals surface area contributed by atoms with E-state index in [0.717, 1.165) is 30.0 Å². The van der Waals surface area contributed by atoms with Gasteiger partial charge in [-0.15, -0.1) is 0 Å².